The zero-order valence-corrected chi connectivity index (χ0v) is 13.5. The number of rotatable bonds is 4. The van der Waals surface area contributed by atoms with Crippen LogP contribution in [0.1, 0.15) is 28.9 Å². The molecule has 0 heterocycles. The van der Waals surface area contributed by atoms with E-state index >= 15 is 0 Å². The summed E-state index contributed by atoms with van der Waals surface area (Å²) in [6.07, 6.45) is 0. The molecule has 0 fully saturated rings. The first-order chi connectivity index (χ1) is 9.61. The van der Waals surface area contributed by atoms with Gasteiger partial charge < -0.3 is 10.1 Å². The first-order valence-corrected chi connectivity index (χ1v) is 7.39. The molecule has 0 unspecified atom stereocenters. The van der Waals surface area contributed by atoms with Crippen LogP contribution in [0.15, 0.2) is 48.5 Å². The van der Waals surface area contributed by atoms with Gasteiger partial charge in [0.15, 0.2) is 0 Å². The molecule has 1 N–H and O–H groups in total. The smallest absolute Gasteiger partial charge is 0.252 e. The van der Waals surface area contributed by atoms with E-state index in [1.807, 2.05) is 55.5 Å². The van der Waals surface area contributed by atoms with E-state index < -0.39 is 0 Å². The SMILES string of the molecule is COc1ccc([C@@H](C)NC(=O)c2ccccc2I)cc1. The summed E-state index contributed by atoms with van der Waals surface area (Å²) in [6, 6.07) is 15.2. The molecule has 0 bridgehead atoms. The Bertz CT molecular complexity index is 596. The molecule has 1 amide bonds. The molecule has 0 aliphatic heterocycles. The second-order valence-electron chi connectivity index (χ2n) is 4.45. The van der Waals surface area contributed by atoms with Gasteiger partial charge in [0.2, 0.25) is 0 Å². The van der Waals surface area contributed by atoms with Crippen molar-refractivity contribution in [3.05, 3.63) is 63.2 Å². The molecule has 0 saturated heterocycles. The van der Waals surface area contributed by atoms with Crippen molar-refractivity contribution in [2.24, 2.45) is 0 Å². The monoisotopic (exact) mass is 381 g/mol. The number of halogens is 1. The van der Waals surface area contributed by atoms with Crippen LogP contribution in [0.25, 0.3) is 0 Å². The number of carbonyl (C=O) groups excluding carboxylic acids is 1. The maximum atomic E-state index is 12.2. The van der Waals surface area contributed by atoms with E-state index in [0.29, 0.717) is 5.56 Å². The van der Waals surface area contributed by atoms with Gasteiger partial charge in [0.05, 0.1) is 18.7 Å². The zero-order chi connectivity index (χ0) is 14.5. The first-order valence-electron chi connectivity index (χ1n) is 6.31. The quantitative estimate of drug-likeness (QED) is 0.819. The number of amides is 1. The summed E-state index contributed by atoms with van der Waals surface area (Å²) >= 11 is 2.17. The molecule has 3 nitrogen and oxygen atoms in total. The molecule has 0 saturated carbocycles. The van der Waals surface area contributed by atoms with Gasteiger partial charge >= 0.3 is 0 Å². The highest BCUT2D eigenvalue weighted by Crippen LogP contribution is 2.18. The number of nitrogens with one attached hydrogen (secondary N) is 1. The molecule has 2 aromatic carbocycles. The van der Waals surface area contributed by atoms with Gasteiger partial charge in [0.25, 0.3) is 5.91 Å². The third-order valence-electron chi connectivity index (χ3n) is 3.08. The fourth-order valence-electron chi connectivity index (χ4n) is 1.90. The molecule has 104 valence electrons. The highest BCUT2D eigenvalue weighted by Gasteiger charge is 2.13. The minimum Gasteiger partial charge on any atom is -0.497 e. The summed E-state index contributed by atoms with van der Waals surface area (Å²) in [7, 11) is 1.64. The van der Waals surface area contributed by atoms with Gasteiger partial charge in [-0.2, -0.15) is 0 Å². The van der Waals surface area contributed by atoms with Crippen LogP contribution >= 0.6 is 22.6 Å². The normalized spacial score (nSPS) is 11.8. The number of methoxy groups -OCH3 is 1. The molecule has 0 aliphatic carbocycles. The summed E-state index contributed by atoms with van der Waals surface area (Å²) in [5.74, 6) is 0.753. The van der Waals surface area contributed by atoms with Crippen molar-refractivity contribution < 1.29 is 9.53 Å². The van der Waals surface area contributed by atoms with Crippen molar-refractivity contribution in [1.29, 1.82) is 0 Å². The van der Waals surface area contributed by atoms with Gasteiger partial charge in [-0.1, -0.05) is 24.3 Å². The summed E-state index contributed by atoms with van der Waals surface area (Å²) in [4.78, 5) is 12.2. The number of ether oxygens (including phenoxy) is 1. The lowest BCUT2D eigenvalue weighted by atomic mass is 10.1. The molecule has 2 rings (SSSR count). The molecule has 1 atom stereocenters. The zero-order valence-electron chi connectivity index (χ0n) is 11.4. The average Bonchev–Trinajstić information content (AvgIpc) is 2.47. The average molecular weight is 381 g/mol. The van der Waals surface area contributed by atoms with E-state index in [4.69, 9.17) is 4.74 Å². The van der Waals surface area contributed by atoms with E-state index in [1.165, 1.54) is 0 Å². The maximum Gasteiger partial charge on any atom is 0.252 e. The molecule has 20 heavy (non-hydrogen) atoms. The highest BCUT2D eigenvalue weighted by atomic mass is 127. The standard InChI is InChI=1S/C16H16INO2/c1-11(12-7-9-13(20-2)10-8-12)18-16(19)14-5-3-4-6-15(14)17/h3-11H,1-2H3,(H,18,19)/t11-/m1/s1. The van der Waals surface area contributed by atoms with Crippen LogP contribution in [-0.4, -0.2) is 13.0 Å². The molecule has 0 spiro atoms. The van der Waals surface area contributed by atoms with E-state index in [2.05, 4.69) is 27.9 Å². The molecule has 0 aliphatic rings. The Balaban J connectivity index is 2.09. The predicted molar refractivity (Wildman–Crippen MR) is 88.0 cm³/mol. The fraction of sp³-hybridized carbons (Fsp3) is 0.188. The molecular formula is C16H16INO2. The Kier molecular flexibility index (Phi) is 5.00. The third kappa shape index (κ3) is 3.50. The molecule has 0 radical (unpaired) electrons. The van der Waals surface area contributed by atoms with Crippen molar-refractivity contribution in [1.82, 2.24) is 5.32 Å². The maximum absolute atomic E-state index is 12.2. The molecular weight excluding hydrogens is 365 g/mol. The topological polar surface area (TPSA) is 38.3 Å². The van der Waals surface area contributed by atoms with Crippen LogP contribution in [0.2, 0.25) is 0 Å². The number of hydrogen-bond acceptors (Lipinski definition) is 2. The van der Waals surface area contributed by atoms with Crippen molar-refractivity contribution in [3.63, 3.8) is 0 Å². The Hall–Kier alpha value is -1.56. The van der Waals surface area contributed by atoms with Gasteiger partial charge in [-0.3, -0.25) is 4.79 Å². The van der Waals surface area contributed by atoms with Crippen LogP contribution in [0.3, 0.4) is 0 Å². The molecule has 4 heteroatoms. The number of hydrogen-bond donors (Lipinski definition) is 1. The summed E-state index contributed by atoms with van der Waals surface area (Å²) in [5.41, 5.74) is 1.75. The predicted octanol–water partition coefficient (Wildman–Crippen LogP) is 3.79. The number of benzene rings is 2. The van der Waals surface area contributed by atoms with E-state index in [-0.39, 0.29) is 11.9 Å². The van der Waals surface area contributed by atoms with Crippen molar-refractivity contribution in [3.8, 4) is 5.75 Å². The second kappa shape index (κ2) is 6.74. The number of carbonyl (C=O) groups is 1. The van der Waals surface area contributed by atoms with E-state index in [0.717, 1.165) is 14.9 Å². The van der Waals surface area contributed by atoms with E-state index in [9.17, 15) is 4.79 Å². The Labute approximate surface area is 132 Å². The Morgan fingerprint density at radius 1 is 1.15 bits per heavy atom. The van der Waals surface area contributed by atoms with Gasteiger partial charge in [-0.05, 0) is 59.3 Å². The van der Waals surface area contributed by atoms with Gasteiger partial charge in [-0.15, -0.1) is 0 Å². The van der Waals surface area contributed by atoms with Crippen LogP contribution in [0.4, 0.5) is 0 Å². The minimum absolute atomic E-state index is 0.0515. The van der Waals surface area contributed by atoms with Crippen LogP contribution in [-0.2, 0) is 0 Å². The largest absolute Gasteiger partial charge is 0.497 e. The molecule has 0 aromatic heterocycles. The van der Waals surface area contributed by atoms with Crippen LogP contribution in [0, 0.1) is 3.57 Å². The second-order valence-corrected chi connectivity index (χ2v) is 5.61. The van der Waals surface area contributed by atoms with Gasteiger partial charge in [0.1, 0.15) is 5.75 Å². The summed E-state index contributed by atoms with van der Waals surface area (Å²) in [5, 5.41) is 3.01. The van der Waals surface area contributed by atoms with Crippen molar-refractivity contribution >= 4 is 28.5 Å². The first kappa shape index (κ1) is 14.8. The van der Waals surface area contributed by atoms with Gasteiger partial charge in [-0.25, -0.2) is 0 Å². The summed E-state index contributed by atoms with van der Waals surface area (Å²) < 4.78 is 6.08. The Morgan fingerprint density at radius 3 is 2.40 bits per heavy atom. The lowest BCUT2D eigenvalue weighted by Crippen LogP contribution is -2.27. The fourth-order valence-corrected chi connectivity index (χ4v) is 2.53. The van der Waals surface area contributed by atoms with E-state index in [1.54, 1.807) is 7.11 Å². The summed E-state index contributed by atoms with van der Waals surface area (Å²) in [6.45, 7) is 1.97. The minimum atomic E-state index is -0.0571. The van der Waals surface area contributed by atoms with Crippen molar-refractivity contribution in [2.75, 3.05) is 7.11 Å². The molecule has 2 aromatic rings. The highest BCUT2D eigenvalue weighted by molar-refractivity contribution is 14.1. The lowest BCUT2D eigenvalue weighted by molar-refractivity contribution is 0.0939. The van der Waals surface area contributed by atoms with Gasteiger partial charge in [0, 0.05) is 3.57 Å². The Morgan fingerprint density at radius 2 is 1.80 bits per heavy atom. The lowest BCUT2D eigenvalue weighted by Gasteiger charge is -2.15. The van der Waals surface area contributed by atoms with Crippen LogP contribution < -0.4 is 10.1 Å². The third-order valence-corrected chi connectivity index (χ3v) is 4.02. The van der Waals surface area contributed by atoms with Crippen molar-refractivity contribution in [2.45, 2.75) is 13.0 Å². The van der Waals surface area contributed by atoms with Crippen LogP contribution in [0.5, 0.6) is 5.75 Å².